The van der Waals surface area contributed by atoms with Crippen LogP contribution in [0.1, 0.15) is 26.3 Å². The lowest BCUT2D eigenvalue weighted by atomic mass is 10.1. The van der Waals surface area contributed by atoms with Crippen LogP contribution in [0, 0.1) is 0 Å². The Hall–Kier alpha value is -2.78. The van der Waals surface area contributed by atoms with Crippen molar-refractivity contribution in [3.05, 3.63) is 57.4 Å². The molecule has 3 amide bonds. The topological polar surface area (TPSA) is 84.9 Å². The van der Waals surface area contributed by atoms with E-state index in [0.29, 0.717) is 38.7 Å². The van der Waals surface area contributed by atoms with E-state index in [9.17, 15) is 14.4 Å². The van der Waals surface area contributed by atoms with Crippen molar-refractivity contribution in [3.8, 4) is 11.5 Å². The molecule has 0 aromatic heterocycles. The lowest BCUT2D eigenvalue weighted by molar-refractivity contribution is -0.123. The number of halogens is 1. The van der Waals surface area contributed by atoms with Gasteiger partial charge in [-0.1, -0.05) is 34.1 Å². The van der Waals surface area contributed by atoms with Crippen LogP contribution in [0.3, 0.4) is 0 Å². The van der Waals surface area contributed by atoms with E-state index < -0.39 is 0 Å². The first-order chi connectivity index (χ1) is 15.3. The molecule has 0 atom stereocenters. The summed E-state index contributed by atoms with van der Waals surface area (Å²) in [6.45, 7) is 5.61. The number of ether oxygens (including phenoxy) is 2. The summed E-state index contributed by atoms with van der Waals surface area (Å²) in [5.41, 5.74) is 1.33. The van der Waals surface area contributed by atoms with Gasteiger partial charge < -0.3 is 14.8 Å². The third-order valence-electron chi connectivity index (χ3n) is 4.41. The molecule has 9 heteroatoms. The molecule has 1 aliphatic rings. The van der Waals surface area contributed by atoms with Gasteiger partial charge in [0.25, 0.3) is 17.1 Å². The Labute approximate surface area is 199 Å². The van der Waals surface area contributed by atoms with E-state index >= 15 is 0 Å². The summed E-state index contributed by atoms with van der Waals surface area (Å²) in [4.78, 5) is 38.5. The molecular formula is C23H23BrN2O5S. The Balaban J connectivity index is 1.78. The second kappa shape index (κ2) is 10.7. The van der Waals surface area contributed by atoms with Crippen molar-refractivity contribution in [2.75, 3.05) is 18.5 Å². The normalized spacial score (nSPS) is 14.9. The molecule has 0 spiro atoms. The zero-order valence-electron chi connectivity index (χ0n) is 17.9. The first-order valence-electron chi connectivity index (χ1n) is 10.0. The Kier molecular flexibility index (Phi) is 7.98. The average Bonchev–Trinajstić information content (AvgIpc) is 3.03. The molecule has 2 aromatic rings. The van der Waals surface area contributed by atoms with Crippen LogP contribution in [-0.2, 0) is 9.59 Å². The lowest BCUT2D eigenvalue weighted by Gasteiger charge is -2.16. The lowest BCUT2D eigenvalue weighted by Crippen LogP contribution is -2.34. The van der Waals surface area contributed by atoms with Gasteiger partial charge in [0.1, 0.15) is 0 Å². The predicted molar refractivity (Wildman–Crippen MR) is 129 cm³/mol. The Morgan fingerprint density at radius 3 is 2.47 bits per heavy atom. The van der Waals surface area contributed by atoms with Gasteiger partial charge >= 0.3 is 0 Å². The van der Waals surface area contributed by atoms with Gasteiger partial charge in [0, 0.05) is 16.2 Å². The number of nitrogens with one attached hydrogen (secondary N) is 1. The molecule has 0 aliphatic carbocycles. The molecule has 168 valence electrons. The number of benzene rings is 2. The summed E-state index contributed by atoms with van der Waals surface area (Å²) >= 11 is 4.38. The highest BCUT2D eigenvalue weighted by Gasteiger charge is 2.36. The number of amides is 3. The highest BCUT2D eigenvalue weighted by molar-refractivity contribution is 9.10. The molecule has 1 aliphatic heterocycles. The molecule has 2 aromatic carbocycles. The van der Waals surface area contributed by atoms with Crippen LogP contribution in [0.5, 0.6) is 11.5 Å². The van der Waals surface area contributed by atoms with E-state index in [-0.39, 0.29) is 29.7 Å². The number of carbonyl (C=O) groups excluding carboxylic acids is 3. The van der Waals surface area contributed by atoms with E-state index in [1.807, 2.05) is 25.1 Å². The minimum atomic E-state index is -0.322. The van der Waals surface area contributed by atoms with Crippen molar-refractivity contribution in [1.29, 1.82) is 0 Å². The second-order valence-electron chi connectivity index (χ2n) is 7.10. The molecule has 0 bridgehead atoms. The van der Waals surface area contributed by atoms with Gasteiger partial charge in [0.2, 0.25) is 0 Å². The van der Waals surface area contributed by atoms with E-state index in [1.165, 1.54) is 4.90 Å². The monoisotopic (exact) mass is 518 g/mol. The molecule has 0 radical (unpaired) electrons. The molecular weight excluding hydrogens is 496 g/mol. The van der Waals surface area contributed by atoms with Gasteiger partial charge in [-0.3, -0.25) is 19.3 Å². The number of thioether (sulfide) groups is 1. The molecule has 32 heavy (non-hydrogen) atoms. The quantitative estimate of drug-likeness (QED) is 0.476. The van der Waals surface area contributed by atoms with Gasteiger partial charge in [0.05, 0.1) is 11.5 Å². The third kappa shape index (κ3) is 5.72. The van der Waals surface area contributed by atoms with Crippen molar-refractivity contribution in [1.82, 2.24) is 4.90 Å². The van der Waals surface area contributed by atoms with E-state index in [1.54, 1.807) is 44.2 Å². The minimum Gasteiger partial charge on any atom is -0.490 e. The molecule has 7 nitrogen and oxygen atoms in total. The van der Waals surface area contributed by atoms with Crippen molar-refractivity contribution in [2.24, 2.45) is 0 Å². The Morgan fingerprint density at radius 2 is 1.84 bits per heavy atom. The van der Waals surface area contributed by atoms with Crippen LogP contribution >= 0.6 is 27.7 Å². The average molecular weight is 519 g/mol. The van der Waals surface area contributed by atoms with Crippen LogP contribution in [-0.4, -0.2) is 41.2 Å². The van der Waals surface area contributed by atoms with E-state index in [2.05, 4.69) is 21.2 Å². The molecule has 3 rings (SSSR count). The highest BCUT2D eigenvalue weighted by Crippen LogP contribution is 2.38. The van der Waals surface area contributed by atoms with Crippen LogP contribution in [0.2, 0.25) is 0 Å². The van der Waals surface area contributed by atoms with Gasteiger partial charge in [-0.05, 0) is 68.4 Å². The van der Waals surface area contributed by atoms with Crippen LogP contribution < -0.4 is 14.8 Å². The highest BCUT2D eigenvalue weighted by atomic mass is 79.9. The smallest absolute Gasteiger partial charge is 0.293 e. The molecule has 1 saturated heterocycles. The molecule has 0 saturated carbocycles. The van der Waals surface area contributed by atoms with Crippen LogP contribution in [0.25, 0.3) is 6.08 Å². The van der Waals surface area contributed by atoms with Gasteiger partial charge in [-0.25, -0.2) is 0 Å². The van der Waals surface area contributed by atoms with Crippen LogP contribution in [0.15, 0.2) is 51.8 Å². The van der Waals surface area contributed by atoms with E-state index in [4.69, 9.17) is 9.47 Å². The molecule has 1 heterocycles. The molecule has 1 N–H and O–H groups in total. The largest absolute Gasteiger partial charge is 0.490 e. The summed E-state index contributed by atoms with van der Waals surface area (Å²) in [6.07, 6.45) is 1.64. The maximum Gasteiger partial charge on any atom is 0.293 e. The van der Waals surface area contributed by atoms with Gasteiger partial charge in [0.15, 0.2) is 18.1 Å². The summed E-state index contributed by atoms with van der Waals surface area (Å²) in [5.74, 6) is 0.186. The first-order valence-corrected chi connectivity index (χ1v) is 11.6. The number of nitrogens with zero attached hydrogens (tertiary/aromatic N) is 1. The minimum absolute atomic E-state index is 0.200. The number of hydrogen-bond acceptors (Lipinski definition) is 6. The summed E-state index contributed by atoms with van der Waals surface area (Å²) in [7, 11) is 0. The number of anilines is 1. The standard InChI is InChI=1S/C23H23BrN2O5S/c1-4-30-18-10-15(11-20-22(28)26(14(2)3)23(29)32-20)17(24)12-19(18)31-13-21(27)25-16-8-6-5-7-9-16/h5-12,14H,4,13H2,1-3H3,(H,25,27)/b20-11-. The fourth-order valence-corrected chi connectivity index (χ4v) is 4.36. The fourth-order valence-electron chi connectivity index (χ4n) is 2.97. The second-order valence-corrected chi connectivity index (χ2v) is 8.95. The zero-order chi connectivity index (χ0) is 23.3. The fraction of sp³-hybridized carbons (Fsp3) is 0.261. The Bertz CT molecular complexity index is 1060. The number of carbonyl (C=O) groups is 3. The predicted octanol–water partition coefficient (Wildman–Crippen LogP) is 5.31. The maximum atomic E-state index is 12.6. The SMILES string of the molecule is CCOc1cc(/C=C2\SC(=O)N(C(C)C)C2=O)c(Br)cc1OCC(=O)Nc1ccccc1. The summed E-state index contributed by atoms with van der Waals surface area (Å²) < 4.78 is 12.0. The zero-order valence-corrected chi connectivity index (χ0v) is 20.3. The summed E-state index contributed by atoms with van der Waals surface area (Å²) in [5, 5.41) is 2.47. The molecule has 0 unspecified atom stereocenters. The van der Waals surface area contributed by atoms with Crippen molar-refractivity contribution in [3.63, 3.8) is 0 Å². The number of para-hydroxylation sites is 1. The number of imide groups is 1. The summed E-state index contributed by atoms with van der Waals surface area (Å²) in [6, 6.07) is 12.3. The van der Waals surface area contributed by atoms with Crippen molar-refractivity contribution in [2.45, 2.75) is 26.8 Å². The molecule has 1 fully saturated rings. The van der Waals surface area contributed by atoms with Crippen molar-refractivity contribution < 1.29 is 23.9 Å². The Morgan fingerprint density at radius 1 is 1.16 bits per heavy atom. The van der Waals surface area contributed by atoms with Gasteiger partial charge in [-0.2, -0.15) is 0 Å². The van der Waals surface area contributed by atoms with Crippen molar-refractivity contribution >= 4 is 56.5 Å². The number of hydrogen-bond donors (Lipinski definition) is 1. The van der Waals surface area contributed by atoms with Gasteiger partial charge in [-0.15, -0.1) is 0 Å². The first kappa shape index (κ1) is 23.9. The van der Waals surface area contributed by atoms with Crippen LogP contribution in [0.4, 0.5) is 10.5 Å². The maximum absolute atomic E-state index is 12.6. The number of rotatable bonds is 8. The third-order valence-corrected chi connectivity index (χ3v) is 5.98. The van der Waals surface area contributed by atoms with E-state index in [0.717, 1.165) is 11.8 Å².